The lowest BCUT2D eigenvalue weighted by Gasteiger charge is -2.35. The molecule has 2 heterocycles. The van der Waals surface area contributed by atoms with E-state index in [4.69, 9.17) is 4.74 Å². The Bertz CT molecular complexity index is 716. The topological polar surface area (TPSA) is 66.9 Å². The molecule has 1 unspecified atom stereocenters. The van der Waals surface area contributed by atoms with Crippen LogP contribution in [0.1, 0.15) is 32.3 Å². The molecular weight excluding hydrogens is 352 g/mol. The van der Waals surface area contributed by atoms with Crippen LogP contribution in [-0.2, 0) is 26.0 Å². The molecular formula is C19H28N2O4S. The first-order valence-corrected chi connectivity index (χ1v) is 10.8. The van der Waals surface area contributed by atoms with Gasteiger partial charge >= 0.3 is 0 Å². The highest BCUT2D eigenvalue weighted by Gasteiger charge is 2.33. The number of carbonyl (C=O) groups excluding carboxylic acids is 1. The highest BCUT2D eigenvalue weighted by atomic mass is 32.2. The van der Waals surface area contributed by atoms with Gasteiger partial charge in [-0.3, -0.25) is 4.79 Å². The Morgan fingerprint density at radius 3 is 2.35 bits per heavy atom. The molecule has 0 aliphatic carbocycles. The number of ether oxygens (including phenoxy) is 1. The predicted octanol–water partition coefficient (Wildman–Crippen LogP) is 1.90. The van der Waals surface area contributed by atoms with Gasteiger partial charge in [0.1, 0.15) is 6.10 Å². The zero-order valence-corrected chi connectivity index (χ0v) is 16.4. The van der Waals surface area contributed by atoms with Crippen molar-refractivity contribution in [1.29, 1.82) is 0 Å². The van der Waals surface area contributed by atoms with E-state index in [1.807, 2.05) is 12.1 Å². The normalized spacial score (nSPS) is 22.1. The van der Waals surface area contributed by atoms with Gasteiger partial charge in [-0.25, -0.2) is 8.42 Å². The number of nitrogens with zero attached hydrogens (tertiary/aromatic N) is 2. The van der Waals surface area contributed by atoms with E-state index in [0.29, 0.717) is 43.6 Å². The lowest BCUT2D eigenvalue weighted by molar-refractivity contribution is -0.142. The summed E-state index contributed by atoms with van der Waals surface area (Å²) >= 11 is 0. The van der Waals surface area contributed by atoms with Crippen molar-refractivity contribution in [2.75, 3.05) is 32.8 Å². The van der Waals surface area contributed by atoms with Gasteiger partial charge in [0, 0.05) is 32.8 Å². The number of benzene rings is 1. The monoisotopic (exact) mass is 380 g/mol. The van der Waals surface area contributed by atoms with Crippen LogP contribution >= 0.6 is 0 Å². The molecule has 7 heteroatoms. The summed E-state index contributed by atoms with van der Waals surface area (Å²) in [5.74, 6) is 0.532. The average molecular weight is 381 g/mol. The van der Waals surface area contributed by atoms with Crippen molar-refractivity contribution in [3.05, 3.63) is 29.8 Å². The van der Waals surface area contributed by atoms with Gasteiger partial charge in [0.25, 0.3) is 5.91 Å². The van der Waals surface area contributed by atoms with E-state index < -0.39 is 10.0 Å². The summed E-state index contributed by atoms with van der Waals surface area (Å²) in [7, 11) is -3.51. The molecule has 2 aliphatic heterocycles. The summed E-state index contributed by atoms with van der Waals surface area (Å²) in [6.45, 7) is 6.41. The number of sulfonamides is 1. The van der Waals surface area contributed by atoms with E-state index in [2.05, 4.69) is 13.8 Å². The van der Waals surface area contributed by atoms with Gasteiger partial charge in [0.15, 0.2) is 0 Å². The summed E-state index contributed by atoms with van der Waals surface area (Å²) in [6, 6.07) is 7.17. The molecule has 1 atom stereocenters. The van der Waals surface area contributed by atoms with Crippen molar-refractivity contribution in [2.45, 2.75) is 44.1 Å². The second-order valence-corrected chi connectivity index (χ2v) is 9.41. The summed E-state index contributed by atoms with van der Waals surface area (Å²) in [6.07, 6.45) is 2.27. The van der Waals surface area contributed by atoms with Gasteiger partial charge in [-0.2, -0.15) is 4.31 Å². The first-order chi connectivity index (χ1) is 12.4. The molecule has 0 bridgehead atoms. The van der Waals surface area contributed by atoms with Gasteiger partial charge in [-0.1, -0.05) is 26.0 Å². The Kier molecular flexibility index (Phi) is 5.99. The number of hydrogen-bond acceptors (Lipinski definition) is 4. The van der Waals surface area contributed by atoms with E-state index >= 15 is 0 Å². The largest absolute Gasteiger partial charge is 0.368 e. The van der Waals surface area contributed by atoms with Crippen molar-refractivity contribution in [3.63, 3.8) is 0 Å². The fraction of sp³-hybridized carbons (Fsp3) is 0.632. The van der Waals surface area contributed by atoms with E-state index in [0.717, 1.165) is 24.8 Å². The fourth-order valence-corrected chi connectivity index (χ4v) is 4.97. The van der Waals surface area contributed by atoms with Crippen LogP contribution in [0.15, 0.2) is 29.2 Å². The Morgan fingerprint density at radius 1 is 1.15 bits per heavy atom. The SMILES string of the molecule is CC(C)Cc1ccc(S(=O)(=O)N2CCN(C(=O)C3CCCO3)CC2)cc1. The van der Waals surface area contributed by atoms with Gasteiger partial charge in [0.05, 0.1) is 4.90 Å². The van der Waals surface area contributed by atoms with E-state index in [1.165, 1.54) is 4.31 Å². The predicted molar refractivity (Wildman–Crippen MR) is 99.3 cm³/mol. The molecule has 1 aromatic carbocycles. The maximum Gasteiger partial charge on any atom is 0.251 e. The summed E-state index contributed by atoms with van der Waals surface area (Å²) < 4.78 is 32.6. The van der Waals surface area contributed by atoms with Crippen molar-refractivity contribution in [1.82, 2.24) is 9.21 Å². The molecule has 1 amide bonds. The third kappa shape index (κ3) is 4.27. The highest BCUT2D eigenvalue weighted by molar-refractivity contribution is 7.89. The van der Waals surface area contributed by atoms with Crippen LogP contribution < -0.4 is 0 Å². The zero-order chi connectivity index (χ0) is 18.7. The number of amides is 1. The fourth-order valence-electron chi connectivity index (χ4n) is 3.54. The highest BCUT2D eigenvalue weighted by Crippen LogP contribution is 2.21. The smallest absolute Gasteiger partial charge is 0.251 e. The molecule has 0 N–H and O–H groups in total. The van der Waals surface area contributed by atoms with Crippen molar-refractivity contribution in [3.8, 4) is 0 Å². The van der Waals surface area contributed by atoms with E-state index in [9.17, 15) is 13.2 Å². The van der Waals surface area contributed by atoms with Crippen LogP contribution in [0, 0.1) is 5.92 Å². The lowest BCUT2D eigenvalue weighted by Crippen LogP contribution is -2.52. The minimum absolute atomic E-state index is 0.00223. The average Bonchev–Trinajstić information content (AvgIpc) is 3.16. The lowest BCUT2D eigenvalue weighted by atomic mass is 10.0. The standard InChI is InChI=1S/C19H28N2O4S/c1-15(2)14-16-5-7-17(8-6-16)26(23,24)21-11-9-20(10-12-21)19(22)18-4-3-13-25-18/h5-8,15,18H,3-4,9-14H2,1-2H3. The molecule has 26 heavy (non-hydrogen) atoms. The Hall–Kier alpha value is -1.44. The van der Waals surface area contributed by atoms with Gasteiger partial charge in [0.2, 0.25) is 10.0 Å². The quantitative estimate of drug-likeness (QED) is 0.782. The minimum atomic E-state index is -3.51. The van der Waals surface area contributed by atoms with Crippen LogP contribution in [0.4, 0.5) is 0 Å². The third-order valence-electron chi connectivity index (χ3n) is 4.96. The minimum Gasteiger partial charge on any atom is -0.368 e. The van der Waals surface area contributed by atoms with Crippen LogP contribution in [0.3, 0.4) is 0 Å². The molecule has 0 spiro atoms. The Morgan fingerprint density at radius 2 is 1.81 bits per heavy atom. The molecule has 0 saturated carbocycles. The summed E-state index contributed by atoms with van der Waals surface area (Å²) in [5.41, 5.74) is 1.14. The number of rotatable bonds is 5. The third-order valence-corrected chi connectivity index (χ3v) is 6.87. The van der Waals surface area contributed by atoms with Crippen LogP contribution in [-0.4, -0.2) is 62.4 Å². The number of piperazine rings is 1. The number of hydrogen-bond donors (Lipinski definition) is 0. The molecule has 0 aromatic heterocycles. The first-order valence-electron chi connectivity index (χ1n) is 9.37. The van der Waals surface area contributed by atoms with Crippen LogP contribution in [0.25, 0.3) is 0 Å². The molecule has 2 aliphatic rings. The second kappa shape index (κ2) is 8.06. The van der Waals surface area contributed by atoms with E-state index in [1.54, 1.807) is 17.0 Å². The Labute approximate surface area is 156 Å². The Balaban J connectivity index is 1.61. The van der Waals surface area contributed by atoms with Crippen LogP contribution in [0.5, 0.6) is 0 Å². The molecule has 6 nitrogen and oxygen atoms in total. The second-order valence-electron chi connectivity index (χ2n) is 7.47. The van der Waals surface area contributed by atoms with E-state index in [-0.39, 0.29) is 12.0 Å². The zero-order valence-electron chi connectivity index (χ0n) is 15.6. The molecule has 3 rings (SSSR count). The maximum atomic E-state index is 12.9. The molecule has 2 fully saturated rings. The first kappa shape index (κ1) is 19.3. The van der Waals surface area contributed by atoms with Gasteiger partial charge in [-0.05, 0) is 42.9 Å². The van der Waals surface area contributed by atoms with Gasteiger partial charge in [-0.15, -0.1) is 0 Å². The molecule has 1 aromatic rings. The van der Waals surface area contributed by atoms with Gasteiger partial charge < -0.3 is 9.64 Å². The number of carbonyl (C=O) groups is 1. The molecule has 0 radical (unpaired) electrons. The summed E-state index contributed by atoms with van der Waals surface area (Å²) in [5, 5.41) is 0. The molecule has 144 valence electrons. The summed E-state index contributed by atoms with van der Waals surface area (Å²) in [4.78, 5) is 14.4. The van der Waals surface area contributed by atoms with Crippen LogP contribution in [0.2, 0.25) is 0 Å². The maximum absolute atomic E-state index is 12.9. The molecule has 2 saturated heterocycles. The van der Waals surface area contributed by atoms with Crippen molar-refractivity contribution < 1.29 is 17.9 Å². The van der Waals surface area contributed by atoms with Crippen molar-refractivity contribution >= 4 is 15.9 Å². The van der Waals surface area contributed by atoms with Crippen molar-refractivity contribution in [2.24, 2.45) is 5.92 Å².